The highest BCUT2D eigenvalue weighted by Crippen LogP contribution is 2.17. The van der Waals surface area contributed by atoms with Crippen LogP contribution in [0.1, 0.15) is 17.5 Å². The molecule has 0 aliphatic rings. The van der Waals surface area contributed by atoms with Crippen molar-refractivity contribution in [1.82, 2.24) is 0 Å². The molecule has 0 saturated carbocycles. The Labute approximate surface area is 83.3 Å². The molecule has 0 aliphatic heterocycles. The molecule has 0 bridgehead atoms. The number of ether oxygens (including phenoxy) is 1. The average molecular weight is 194 g/mol. The summed E-state index contributed by atoms with van der Waals surface area (Å²) in [5.41, 5.74) is 2.14. The maximum atomic E-state index is 10.4. The quantitative estimate of drug-likeness (QED) is 0.797. The van der Waals surface area contributed by atoms with Crippen LogP contribution < -0.4 is 4.74 Å². The number of rotatable bonds is 4. The first kappa shape index (κ1) is 10.6. The third-order valence-electron chi connectivity index (χ3n) is 2.16. The van der Waals surface area contributed by atoms with Gasteiger partial charge in [-0.15, -0.1) is 0 Å². The molecule has 0 aliphatic carbocycles. The highest BCUT2D eigenvalue weighted by molar-refractivity contribution is 5.67. The molecule has 14 heavy (non-hydrogen) atoms. The van der Waals surface area contributed by atoms with Crippen LogP contribution in [-0.4, -0.2) is 18.2 Å². The van der Waals surface area contributed by atoms with Gasteiger partial charge < -0.3 is 9.84 Å². The normalized spacial score (nSPS) is 9.86. The van der Waals surface area contributed by atoms with Gasteiger partial charge in [-0.25, -0.2) is 0 Å². The van der Waals surface area contributed by atoms with Gasteiger partial charge in [0.2, 0.25) is 0 Å². The molecule has 0 spiro atoms. The van der Waals surface area contributed by atoms with E-state index in [0.29, 0.717) is 6.42 Å². The van der Waals surface area contributed by atoms with Crippen molar-refractivity contribution in [3.63, 3.8) is 0 Å². The van der Waals surface area contributed by atoms with Gasteiger partial charge in [0.25, 0.3) is 0 Å². The average Bonchev–Trinajstić information content (AvgIpc) is 2.15. The molecule has 0 unspecified atom stereocenters. The summed E-state index contributed by atoms with van der Waals surface area (Å²) >= 11 is 0. The summed E-state index contributed by atoms with van der Waals surface area (Å²) in [7, 11) is 1.62. The topological polar surface area (TPSA) is 46.5 Å². The van der Waals surface area contributed by atoms with E-state index in [4.69, 9.17) is 9.84 Å². The van der Waals surface area contributed by atoms with Crippen LogP contribution in [0, 0.1) is 6.92 Å². The largest absolute Gasteiger partial charge is 0.497 e. The summed E-state index contributed by atoms with van der Waals surface area (Å²) in [4.78, 5) is 10.4. The monoisotopic (exact) mass is 194 g/mol. The molecule has 0 heterocycles. The Kier molecular flexibility index (Phi) is 3.51. The molecule has 3 nitrogen and oxygen atoms in total. The molecule has 0 atom stereocenters. The van der Waals surface area contributed by atoms with E-state index in [2.05, 4.69) is 0 Å². The Hall–Kier alpha value is -1.51. The third kappa shape index (κ3) is 2.76. The smallest absolute Gasteiger partial charge is 0.303 e. The van der Waals surface area contributed by atoms with E-state index in [9.17, 15) is 4.79 Å². The van der Waals surface area contributed by atoms with Gasteiger partial charge in [-0.3, -0.25) is 4.79 Å². The van der Waals surface area contributed by atoms with Gasteiger partial charge in [0.05, 0.1) is 7.11 Å². The minimum Gasteiger partial charge on any atom is -0.497 e. The van der Waals surface area contributed by atoms with E-state index < -0.39 is 5.97 Å². The van der Waals surface area contributed by atoms with Crippen LogP contribution in [0.2, 0.25) is 0 Å². The van der Waals surface area contributed by atoms with Crippen LogP contribution in [0.5, 0.6) is 5.75 Å². The minimum atomic E-state index is -0.764. The highest BCUT2D eigenvalue weighted by Gasteiger charge is 2.03. The van der Waals surface area contributed by atoms with Crippen molar-refractivity contribution in [1.29, 1.82) is 0 Å². The molecule has 1 rings (SSSR count). The molecular weight excluding hydrogens is 180 g/mol. The minimum absolute atomic E-state index is 0.174. The van der Waals surface area contributed by atoms with Gasteiger partial charge in [-0.05, 0) is 36.6 Å². The van der Waals surface area contributed by atoms with Crippen molar-refractivity contribution in [2.24, 2.45) is 0 Å². The number of aryl methyl sites for hydroxylation is 2. The number of methoxy groups -OCH3 is 1. The molecular formula is C11H14O3. The molecule has 1 aromatic carbocycles. The van der Waals surface area contributed by atoms with Crippen LogP contribution >= 0.6 is 0 Å². The Bertz CT molecular complexity index is 331. The zero-order valence-corrected chi connectivity index (χ0v) is 8.41. The van der Waals surface area contributed by atoms with Gasteiger partial charge in [0.15, 0.2) is 0 Å². The fourth-order valence-electron chi connectivity index (χ4n) is 1.32. The predicted molar refractivity (Wildman–Crippen MR) is 53.7 cm³/mol. The van der Waals surface area contributed by atoms with Gasteiger partial charge in [-0.1, -0.05) is 6.07 Å². The summed E-state index contributed by atoms with van der Waals surface area (Å²) in [5.74, 6) is 0.0433. The maximum Gasteiger partial charge on any atom is 0.303 e. The molecule has 0 fully saturated rings. The second-order valence-electron chi connectivity index (χ2n) is 3.19. The van der Waals surface area contributed by atoms with Crippen molar-refractivity contribution in [2.75, 3.05) is 7.11 Å². The van der Waals surface area contributed by atoms with Crippen LogP contribution in [0.4, 0.5) is 0 Å². The van der Waals surface area contributed by atoms with E-state index in [1.807, 2.05) is 25.1 Å². The Morgan fingerprint density at radius 1 is 1.50 bits per heavy atom. The highest BCUT2D eigenvalue weighted by atomic mass is 16.5. The lowest BCUT2D eigenvalue weighted by atomic mass is 10.0. The molecule has 0 aromatic heterocycles. The van der Waals surface area contributed by atoms with Crippen LogP contribution in [-0.2, 0) is 11.2 Å². The number of hydrogen-bond acceptors (Lipinski definition) is 2. The van der Waals surface area contributed by atoms with Gasteiger partial charge in [-0.2, -0.15) is 0 Å². The zero-order chi connectivity index (χ0) is 10.6. The third-order valence-corrected chi connectivity index (χ3v) is 2.16. The SMILES string of the molecule is COc1ccc(CCC(=O)O)c(C)c1. The standard InChI is InChI=1S/C11H14O3/c1-8-7-10(14-2)5-3-9(8)4-6-11(12)13/h3,5,7H,4,6H2,1-2H3,(H,12,13). The van der Waals surface area contributed by atoms with Crippen molar-refractivity contribution in [3.05, 3.63) is 29.3 Å². The fraction of sp³-hybridized carbons (Fsp3) is 0.364. The van der Waals surface area contributed by atoms with Gasteiger partial charge in [0, 0.05) is 6.42 Å². The second kappa shape index (κ2) is 4.65. The van der Waals surface area contributed by atoms with Crippen LogP contribution in [0.3, 0.4) is 0 Å². The maximum absolute atomic E-state index is 10.4. The summed E-state index contributed by atoms with van der Waals surface area (Å²) in [6, 6.07) is 5.68. The van der Waals surface area contributed by atoms with Crippen LogP contribution in [0.15, 0.2) is 18.2 Å². The van der Waals surface area contributed by atoms with Crippen molar-refractivity contribution in [2.45, 2.75) is 19.8 Å². The lowest BCUT2D eigenvalue weighted by molar-refractivity contribution is -0.136. The van der Waals surface area contributed by atoms with Crippen LogP contribution in [0.25, 0.3) is 0 Å². The van der Waals surface area contributed by atoms with E-state index >= 15 is 0 Å². The summed E-state index contributed by atoms with van der Waals surface area (Å²) < 4.78 is 5.06. The molecule has 1 N–H and O–H groups in total. The molecule has 3 heteroatoms. The molecule has 0 radical (unpaired) electrons. The molecule has 76 valence electrons. The van der Waals surface area contributed by atoms with Gasteiger partial charge >= 0.3 is 5.97 Å². The Morgan fingerprint density at radius 3 is 2.71 bits per heavy atom. The molecule has 0 saturated heterocycles. The summed E-state index contributed by atoms with van der Waals surface area (Å²) in [6.07, 6.45) is 0.748. The summed E-state index contributed by atoms with van der Waals surface area (Å²) in [5, 5.41) is 8.54. The number of hydrogen-bond donors (Lipinski definition) is 1. The predicted octanol–water partition coefficient (Wildman–Crippen LogP) is 2.02. The number of benzene rings is 1. The van der Waals surface area contributed by atoms with E-state index in [0.717, 1.165) is 16.9 Å². The number of carboxylic acids is 1. The first-order valence-electron chi connectivity index (χ1n) is 4.49. The second-order valence-corrected chi connectivity index (χ2v) is 3.19. The molecule has 1 aromatic rings. The lowest BCUT2D eigenvalue weighted by Crippen LogP contribution is -1.99. The summed E-state index contributed by atoms with van der Waals surface area (Å²) in [6.45, 7) is 1.96. The van der Waals surface area contributed by atoms with Crippen molar-refractivity contribution >= 4 is 5.97 Å². The molecule has 0 amide bonds. The van der Waals surface area contributed by atoms with E-state index in [-0.39, 0.29) is 6.42 Å². The van der Waals surface area contributed by atoms with E-state index in [1.165, 1.54) is 0 Å². The fourth-order valence-corrected chi connectivity index (χ4v) is 1.32. The first-order chi connectivity index (χ1) is 6.63. The first-order valence-corrected chi connectivity index (χ1v) is 4.49. The van der Waals surface area contributed by atoms with Crippen molar-refractivity contribution < 1.29 is 14.6 Å². The Balaban J connectivity index is 2.73. The van der Waals surface area contributed by atoms with Gasteiger partial charge in [0.1, 0.15) is 5.75 Å². The number of aliphatic carboxylic acids is 1. The van der Waals surface area contributed by atoms with E-state index in [1.54, 1.807) is 7.11 Å². The number of carboxylic acid groups (broad SMARTS) is 1. The Morgan fingerprint density at radius 2 is 2.21 bits per heavy atom. The lowest BCUT2D eigenvalue weighted by Gasteiger charge is -2.06. The van der Waals surface area contributed by atoms with Crippen molar-refractivity contribution in [3.8, 4) is 5.75 Å². The zero-order valence-electron chi connectivity index (χ0n) is 8.41. The number of carbonyl (C=O) groups is 1.